The number of morpholine rings is 1. The van der Waals surface area contributed by atoms with E-state index in [0.717, 1.165) is 30.8 Å². The van der Waals surface area contributed by atoms with Crippen LogP contribution in [0.5, 0.6) is 0 Å². The number of nitrogens with zero attached hydrogens (tertiary/aromatic N) is 2. The fourth-order valence-electron chi connectivity index (χ4n) is 3.60. The topological polar surface area (TPSA) is 38.5 Å². The number of halogens is 3. The van der Waals surface area contributed by atoms with E-state index >= 15 is 0 Å². The molecule has 1 aromatic heterocycles. The number of hydrogen-bond acceptors (Lipinski definition) is 4. The van der Waals surface area contributed by atoms with Crippen molar-refractivity contribution in [3.05, 3.63) is 50.6 Å². The number of benzene rings is 1. The van der Waals surface area contributed by atoms with Crippen LogP contribution in [0.15, 0.2) is 16.7 Å². The van der Waals surface area contributed by atoms with Crippen molar-refractivity contribution in [2.75, 3.05) is 19.7 Å². The Morgan fingerprint density at radius 2 is 2.04 bits per heavy atom. The second-order valence-corrected chi connectivity index (χ2v) is 7.43. The first-order valence-corrected chi connectivity index (χ1v) is 9.32. The Kier molecular flexibility index (Phi) is 5.00. The van der Waals surface area contributed by atoms with Crippen LogP contribution in [0.2, 0.25) is 10.0 Å². The predicted octanol–water partition coefficient (Wildman–Crippen LogP) is 4.57. The molecule has 0 bridgehead atoms. The van der Waals surface area contributed by atoms with Gasteiger partial charge in [-0.25, -0.2) is 4.39 Å². The van der Waals surface area contributed by atoms with Crippen LogP contribution in [0.4, 0.5) is 4.39 Å². The van der Waals surface area contributed by atoms with Gasteiger partial charge in [0.05, 0.1) is 17.7 Å². The first kappa shape index (κ1) is 17.3. The van der Waals surface area contributed by atoms with Crippen molar-refractivity contribution >= 4 is 23.2 Å². The number of fused-ring (bicyclic) bond motifs is 1. The Morgan fingerprint density at radius 1 is 1.20 bits per heavy atom. The summed E-state index contributed by atoms with van der Waals surface area (Å²) in [6.45, 7) is 2.70. The molecule has 1 atom stereocenters. The van der Waals surface area contributed by atoms with E-state index in [1.54, 1.807) is 0 Å². The lowest BCUT2D eigenvalue weighted by Crippen LogP contribution is -2.38. The third kappa shape index (κ3) is 3.56. The minimum absolute atomic E-state index is 0.0237. The van der Waals surface area contributed by atoms with Crippen LogP contribution in [-0.2, 0) is 24.1 Å². The summed E-state index contributed by atoms with van der Waals surface area (Å²) in [5, 5.41) is 4.72. The third-order valence-corrected chi connectivity index (χ3v) is 5.56. The highest BCUT2D eigenvalue weighted by Gasteiger charge is 2.27. The molecule has 1 unspecified atom stereocenters. The monoisotopic (exact) mass is 384 g/mol. The number of aryl methyl sites for hydroxylation is 1. The lowest BCUT2D eigenvalue weighted by atomic mass is 9.96. The van der Waals surface area contributed by atoms with Gasteiger partial charge in [0.15, 0.2) is 0 Å². The zero-order chi connectivity index (χ0) is 17.4. The molecule has 1 aliphatic carbocycles. The second kappa shape index (κ2) is 7.23. The number of aromatic nitrogens is 1. The average Bonchev–Trinajstić information content (AvgIpc) is 3.01. The van der Waals surface area contributed by atoms with Crippen LogP contribution in [0.1, 0.15) is 41.5 Å². The summed E-state index contributed by atoms with van der Waals surface area (Å²) < 4.78 is 25.1. The molecule has 1 aliphatic heterocycles. The molecule has 1 aromatic carbocycles. The fourth-order valence-corrected chi connectivity index (χ4v) is 4.11. The van der Waals surface area contributed by atoms with E-state index in [1.165, 1.54) is 30.5 Å². The van der Waals surface area contributed by atoms with Crippen molar-refractivity contribution < 1.29 is 13.7 Å². The molecule has 4 nitrogen and oxygen atoms in total. The highest BCUT2D eigenvalue weighted by Crippen LogP contribution is 2.33. The summed E-state index contributed by atoms with van der Waals surface area (Å²) in [5.74, 6) is 0.557. The van der Waals surface area contributed by atoms with E-state index in [0.29, 0.717) is 30.3 Å². The molecule has 0 saturated carbocycles. The van der Waals surface area contributed by atoms with E-state index in [-0.39, 0.29) is 11.1 Å². The smallest absolute Gasteiger partial charge is 0.142 e. The van der Waals surface area contributed by atoms with E-state index in [2.05, 4.69) is 10.1 Å². The van der Waals surface area contributed by atoms with Gasteiger partial charge >= 0.3 is 0 Å². The Hall–Kier alpha value is -1.14. The molecule has 0 N–H and O–H groups in total. The van der Waals surface area contributed by atoms with E-state index in [1.807, 2.05) is 0 Å². The maximum Gasteiger partial charge on any atom is 0.142 e. The predicted molar refractivity (Wildman–Crippen MR) is 93.5 cm³/mol. The molecule has 1 fully saturated rings. The van der Waals surface area contributed by atoms with Crippen molar-refractivity contribution in [3.8, 4) is 0 Å². The molecule has 2 aromatic rings. The largest absolute Gasteiger partial charge is 0.371 e. The summed E-state index contributed by atoms with van der Waals surface area (Å²) >= 11 is 12.0. The van der Waals surface area contributed by atoms with Gasteiger partial charge < -0.3 is 9.26 Å². The average molecular weight is 385 g/mol. The molecule has 1 saturated heterocycles. The second-order valence-electron chi connectivity index (χ2n) is 6.62. The zero-order valence-corrected chi connectivity index (χ0v) is 15.2. The molecule has 25 heavy (non-hydrogen) atoms. The minimum Gasteiger partial charge on any atom is -0.371 e. The fraction of sp³-hybridized carbons (Fsp3) is 0.500. The van der Waals surface area contributed by atoms with Crippen molar-refractivity contribution in [3.63, 3.8) is 0 Å². The van der Waals surface area contributed by atoms with Crippen LogP contribution < -0.4 is 0 Å². The van der Waals surface area contributed by atoms with Crippen LogP contribution in [0, 0.1) is 5.82 Å². The molecule has 2 heterocycles. The molecule has 134 valence electrons. The summed E-state index contributed by atoms with van der Waals surface area (Å²) in [6.07, 6.45) is 4.09. The molecule has 0 amide bonds. The highest BCUT2D eigenvalue weighted by atomic mass is 35.5. The Labute approximate surface area is 155 Å². The number of ether oxygens (including phenoxy) is 1. The van der Waals surface area contributed by atoms with E-state index < -0.39 is 5.82 Å². The number of rotatable bonds is 3. The van der Waals surface area contributed by atoms with Crippen molar-refractivity contribution in [1.29, 1.82) is 0 Å². The lowest BCUT2D eigenvalue weighted by Gasteiger charge is -2.33. The highest BCUT2D eigenvalue weighted by molar-refractivity contribution is 6.35. The Morgan fingerprint density at radius 3 is 2.92 bits per heavy atom. The summed E-state index contributed by atoms with van der Waals surface area (Å²) in [5.41, 5.74) is 2.92. The van der Waals surface area contributed by atoms with Gasteiger partial charge in [0, 0.05) is 42.2 Å². The lowest BCUT2D eigenvalue weighted by molar-refractivity contribution is -0.0336. The molecule has 0 spiro atoms. The van der Waals surface area contributed by atoms with Gasteiger partial charge in [0.2, 0.25) is 0 Å². The minimum atomic E-state index is -0.479. The zero-order valence-electron chi connectivity index (χ0n) is 13.7. The van der Waals surface area contributed by atoms with Gasteiger partial charge in [-0.05, 0) is 31.4 Å². The summed E-state index contributed by atoms with van der Waals surface area (Å²) in [4.78, 5) is 2.25. The quantitative estimate of drug-likeness (QED) is 0.726. The van der Waals surface area contributed by atoms with Crippen molar-refractivity contribution in [2.24, 2.45) is 0 Å². The molecule has 2 aliphatic rings. The summed E-state index contributed by atoms with van der Waals surface area (Å²) in [7, 11) is 0. The summed E-state index contributed by atoms with van der Waals surface area (Å²) in [6, 6.07) is 2.81. The van der Waals surface area contributed by atoms with Crippen LogP contribution in [-0.4, -0.2) is 29.8 Å². The standard InChI is InChI=1S/C18H19Cl2FN2O2/c19-13-8-14(20)15(21)7-12(13)18-10-23(5-6-24-18)9-16-11-3-1-2-4-17(11)25-22-16/h7-8,18H,1-6,9-10H2. The molecule has 0 radical (unpaired) electrons. The van der Waals surface area contributed by atoms with E-state index in [9.17, 15) is 4.39 Å². The maximum atomic E-state index is 13.8. The molecular weight excluding hydrogens is 366 g/mol. The van der Waals surface area contributed by atoms with Crippen LogP contribution >= 0.6 is 23.2 Å². The van der Waals surface area contributed by atoms with Crippen molar-refractivity contribution in [2.45, 2.75) is 38.3 Å². The van der Waals surface area contributed by atoms with Gasteiger partial charge in [-0.2, -0.15) is 0 Å². The Balaban J connectivity index is 1.50. The van der Waals surface area contributed by atoms with Gasteiger partial charge in [-0.15, -0.1) is 0 Å². The van der Waals surface area contributed by atoms with Gasteiger partial charge in [0.1, 0.15) is 17.3 Å². The molecule has 7 heteroatoms. The SMILES string of the molecule is Fc1cc(C2CN(Cc3noc4c3CCCC4)CCO2)c(Cl)cc1Cl. The van der Waals surface area contributed by atoms with E-state index in [4.69, 9.17) is 32.5 Å². The number of hydrogen-bond donors (Lipinski definition) is 0. The Bertz CT molecular complexity index is 781. The van der Waals surface area contributed by atoms with Gasteiger partial charge in [0.25, 0.3) is 0 Å². The first-order valence-electron chi connectivity index (χ1n) is 8.56. The molecule has 4 rings (SSSR count). The third-order valence-electron chi connectivity index (χ3n) is 4.94. The molecular formula is C18H19Cl2FN2O2. The van der Waals surface area contributed by atoms with Gasteiger partial charge in [-0.1, -0.05) is 28.4 Å². The normalized spacial score (nSPS) is 21.3. The van der Waals surface area contributed by atoms with Crippen LogP contribution in [0.3, 0.4) is 0 Å². The van der Waals surface area contributed by atoms with Gasteiger partial charge in [-0.3, -0.25) is 4.90 Å². The van der Waals surface area contributed by atoms with Crippen LogP contribution in [0.25, 0.3) is 0 Å². The maximum absolute atomic E-state index is 13.8. The van der Waals surface area contributed by atoms with Crippen molar-refractivity contribution in [1.82, 2.24) is 10.1 Å². The first-order chi connectivity index (χ1) is 12.1.